The number of rotatable bonds is 6. The highest BCUT2D eigenvalue weighted by atomic mass is 19.1. The van der Waals surface area contributed by atoms with Gasteiger partial charge >= 0.3 is 0 Å². The largest absolute Gasteiger partial charge is 0.394 e. The van der Waals surface area contributed by atoms with E-state index in [-0.39, 0.29) is 12.3 Å². The fourth-order valence-corrected chi connectivity index (χ4v) is 3.46. The quantitative estimate of drug-likeness (QED) is 0.640. The average molecular weight is 348 g/mol. The lowest BCUT2D eigenvalue weighted by atomic mass is 9.93. The van der Waals surface area contributed by atoms with Crippen molar-refractivity contribution in [3.63, 3.8) is 0 Å². The fraction of sp³-hybridized carbons (Fsp3) is 0.471. The van der Waals surface area contributed by atoms with Gasteiger partial charge in [0.15, 0.2) is 0 Å². The summed E-state index contributed by atoms with van der Waals surface area (Å²) in [5, 5.41) is 24.5. The van der Waals surface area contributed by atoms with Crippen LogP contribution in [-0.4, -0.2) is 44.4 Å². The van der Waals surface area contributed by atoms with Crippen LogP contribution in [0.4, 0.5) is 10.1 Å². The summed E-state index contributed by atoms with van der Waals surface area (Å²) in [5.74, 6) is -0.101. The second-order valence-corrected chi connectivity index (χ2v) is 6.28. The van der Waals surface area contributed by atoms with Gasteiger partial charge in [-0.2, -0.15) is 5.10 Å². The molecule has 1 saturated heterocycles. The standard InChI is InChI=1S/C17H21FN4O3/c18-15-1-2-17(22(24)25)14(11-15)12-20-7-4-13(5-8-20)16-3-6-19-21(16)9-10-23/h1-3,6,11,13,23H,4-5,7-10,12H2. The highest BCUT2D eigenvalue weighted by molar-refractivity contribution is 5.40. The molecule has 1 aliphatic rings. The van der Waals surface area contributed by atoms with Crippen molar-refractivity contribution in [2.45, 2.75) is 31.8 Å². The number of aliphatic hydroxyl groups is 1. The number of likely N-dealkylation sites (tertiary alicyclic amines) is 1. The van der Waals surface area contributed by atoms with Gasteiger partial charge in [0, 0.05) is 36.0 Å². The Hall–Kier alpha value is -2.32. The molecule has 1 aromatic carbocycles. The Morgan fingerprint density at radius 2 is 2.08 bits per heavy atom. The molecule has 3 rings (SSSR count). The van der Waals surface area contributed by atoms with E-state index in [9.17, 15) is 14.5 Å². The van der Waals surface area contributed by atoms with E-state index in [0.717, 1.165) is 37.7 Å². The summed E-state index contributed by atoms with van der Waals surface area (Å²) in [6.45, 7) is 2.47. The molecular formula is C17H21FN4O3. The van der Waals surface area contributed by atoms with E-state index in [4.69, 9.17) is 5.11 Å². The van der Waals surface area contributed by atoms with E-state index in [1.54, 1.807) is 6.20 Å². The molecule has 0 amide bonds. The van der Waals surface area contributed by atoms with Crippen molar-refractivity contribution in [3.05, 3.63) is 57.7 Å². The number of benzene rings is 1. The Kier molecular flexibility index (Phi) is 5.40. The average Bonchev–Trinajstić information content (AvgIpc) is 3.04. The van der Waals surface area contributed by atoms with Crippen LogP contribution >= 0.6 is 0 Å². The third-order valence-electron chi connectivity index (χ3n) is 4.70. The SMILES string of the molecule is O=[N+]([O-])c1ccc(F)cc1CN1CCC(c2ccnn2CCO)CC1. The van der Waals surface area contributed by atoms with Crippen molar-refractivity contribution in [1.29, 1.82) is 0 Å². The molecular weight excluding hydrogens is 327 g/mol. The number of nitro benzene ring substituents is 1. The zero-order chi connectivity index (χ0) is 17.8. The minimum absolute atomic E-state index is 0.0375. The molecule has 1 aliphatic heterocycles. The van der Waals surface area contributed by atoms with E-state index >= 15 is 0 Å². The smallest absolute Gasteiger partial charge is 0.274 e. The van der Waals surface area contributed by atoms with Crippen LogP contribution in [0.2, 0.25) is 0 Å². The Balaban J connectivity index is 1.64. The maximum absolute atomic E-state index is 13.5. The second kappa shape index (κ2) is 7.71. The topological polar surface area (TPSA) is 84.4 Å². The van der Waals surface area contributed by atoms with Crippen molar-refractivity contribution >= 4 is 5.69 Å². The van der Waals surface area contributed by atoms with Gasteiger partial charge in [-0.05, 0) is 44.1 Å². The number of hydrogen-bond donors (Lipinski definition) is 1. The lowest BCUT2D eigenvalue weighted by molar-refractivity contribution is -0.385. The number of nitro groups is 1. The van der Waals surface area contributed by atoms with E-state index < -0.39 is 10.7 Å². The van der Waals surface area contributed by atoms with Gasteiger partial charge in [-0.3, -0.25) is 19.7 Å². The first-order chi connectivity index (χ1) is 12.1. The van der Waals surface area contributed by atoms with Crippen LogP contribution in [0.5, 0.6) is 0 Å². The monoisotopic (exact) mass is 348 g/mol. The normalized spacial score (nSPS) is 16.2. The molecule has 1 fully saturated rings. The minimum atomic E-state index is -0.463. The Labute approximate surface area is 144 Å². The molecule has 2 heterocycles. The predicted molar refractivity (Wildman–Crippen MR) is 89.6 cm³/mol. The third-order valence-corrected chi connectivity index (χ3v) is 4.70. The van der Waals surface area contributed by atoms with Gasteiger partial charge in [0.05, 0.1) is 18.1 Å². The summed E-state index contributed by atoms with van der Waals surface area (Å²) < 4.78 is 15.3. The highest BCUT2D eigenvalue weighted by Gasteiger charge is 2.25. The summed E-state index contributed by atoms with van der Waals surface area (Å²) in [5.41, 5.74) is 1.49. The molecule has 0 atom stereocenters. The van der Waals surface area contributed by atoms with Crippen molar-refractivity contribution in [3.8, 4) is 0 Å². The second-order valence-electron chi connectivity index (χ2n) is 6.28. The lowest BCUT2D eigenvalue weighted by Gasteiger charge is -2.32. The highest BCUT2D eigenvalue weighted by Crippen LogP contribution is 2.30. The molecule has 1 aromatic heterocycles. The fourth-order valence-electron chi connectivity index (χ4n) is 3.46. The van der Waals surface area contributed by atoms with E-state index in [0.29, 0.717) is 24.6 Å². The molecule has 0 unspecified atom stereocenters. The van der Waals surface area contributed by atoms with Crippen molar-refractivity contribution in [1.82, 2.24) is 14.7 Å². The molecule has 7 nitrogen and oxygen atoms in total. The molecule has 134 valence electrons. The molecule has 0 aliphatic carbocycles. The van der Waals surface area contributed by atoms with Gasteiger partial charge in [-0.25, -0.2) is 4.39 Å². The van der Waals surface area contributed by atoms with Crippen LogP contribution < -0.4 is 0 Å². The predicted octanol–water partition coefficient (Wildman–Crippen LogP) is 2.30. The van der Waals surface area contributed by atoms with Gasteiger partial charge < -0.3 is 5.11 Å². The van der Waals surface area contributed by atoms with E-state index in [1.807, 2.05) is 10.7 Å². The molecule has 0 bridgehead atoms. The number of hydrogen-bond acceptors (Lipinski definition) is 5. The lowest BCUT2D eigenvalue weighted by Crippen LogP contribution is -2.33. The van der Waals surface area contributed by atoms with Crippen molar-refractivity contribution < 1.29 is 14.4 Å². The first-order valence-electron chi connectivity index (χ1n) is 8.36. The molecule has 0 saturated carbocycles. The maximum Gasteiger partial charge on any atom is 0.274 e. The zero-order valence-electron chi connectivity index (χ0n) is 13.8. The van der Waals surface area contributed by atoms with Crippen molar-refractivity contribution in [2.24, 2.45) is 0 Å². The van der Waals surface area contributed by atoms with Gasteiger partial charge in [-0.15, -0.1) is 0 Å². The summed E-state index contributed by atoms with van der Waals surface area (Å²) in [4.78, 5) is 12.8. The van der Waals surface area contributed by atoms with Crippen LogP contribution in [0.25, 0.3) is 0 Å². The van der Waals surface area contributed by atoms with Gasteiger partial charge in [0.2, 0.25) is 0 Å². The maximum atomic E-state index is 13.5. The molecule has 25 heavy (non-hydrogen) atoms. The molecule has 1 N–H and O–H groups in total. The summed E-state index contributed by atoms with van der Waals surface area (Å²) in [7, 11) is 0. The van der Waals surface area contributed by atoms with Crippen LogP contribution in [0, 0.1) is 15.9 Å². The zero-order valence-corrected chi connectivity index (χ0v) is 13.8. The Morgan fingerprint density at radius 3 is 2.76 bits per heavy atom. The Morgan fingerprint density at radius 1 is 1.32 bits per heavy atom. The minimum Gasteiger partial charge on any atom is -0.394 e. The molecule has 8 heteroatoms. The molecule has 2 aromatic rings. The van der Waals surface area contributed by atoms with Gasteiger partial charge in [0.1, 0.15) is 5.82 Å². The number of halogens is 1. The van der Waals surface area contributed by atoms with E-state index in [1.165, 1.54) is 12.1 Å². The first-order valence-corrected chi connectivity index (χ1v) is 8.36. The van der Waals surface area contributed by atoms with Gasteiger partial charge in [-0.1, -0.05) is 0 Å². The van der Waals surface area contributed by atoms with Crippen LogP contribution in [-0.2, 0) is 13.1 Å². The molecule has 0 spiro atoms. The number of nitrogens with zero attached hydrogens (tertiary/aromatic N) is 4. The number of aliphatic hydroxyl groups excluding tert-OH is 1. The van der Waals surface area contributed by atoms with Gasteiger partial charge in [0.25, 0.3) is 5.69 Å². The first kappa shape index (κ1) is 17.5. The van der Waals surface area contributed by atoms with Crippen LogP contribution in [0.1, 0.15) is 30.0 Å². The summed E-state index contributed by atoms with van der Waals surface area (Å²) >= 11 is 0. The Bertz CT molecular complexity index is 741. The van der Waals surface area contributed by atoms with Crippen molar-refractivity contribution in [2.75, 3.05) is 19.7 Å². The number of piperidine rings is 1. The number of aromatic nitrogens is 2. The summed E-state index contributed by atoms with van der Waals surface area (Å²) in [6.07, 6.45) is 3.55. The third kappa shape index (κ3) is 4.02. The van der Waals surface area contributed by atoms with Crippen LogP contribution in [0.3, 0.4) is 0 Å². The van der Waals surface area contributed by atoms with Crippen LogP contribution in [0.15, 0.2) is 30.5 Å². The summed E-state index contributed by atoms with van der Waals surface area (Å²) in [6, 6.07) is 5.58. The molecule has 0 radical (unpaired) electrons. The van der Waals surface area contributed by atoms with E-state index in [2.05, 4.69) is 10.00 Å².